The molecule has 1 saturated heterocycles. The number of primary amides is 1. The van der Waals surface area contributed by atoms with Gasteiger partial charge in [0.1, 0.15) is 11.9 Å². The summed E-state index contributed by atoms with van der Waals surface area (Å²) in [7, 11) is 0. The Bertz CT molecular complexity index is 1150. The van der Waals surface area contributed by atoms with Crippen LogP contribution in [0.4, 0.5) is 5.82 Å². The molecule has 5 rings (SSSR count). The van der Waals surface area contributed by atoms with Crippen LogP contribution in [0.5, 0.6) is 0 Å². The van der Waals surface area contributed by atoms with Crippen molar-refractivity contribution in [3.8, 4) is 0 Å². The van der Waals surface area contributed by atoms with Crippen LogP contribution in [0.3, 0.4) is 0 Å². The fourth-order valence-corrected chi connectivity index (χ4v) is 5.37. The van der Waals surface area contributed by atoms with E-state index in [2.05, 4.69) is 21.5 Å². The predicted molar refractivity (Wildman–Crippen MR) is 127 cm³/mol. The van der Waals surface area contributed by atoms with Crippen LogP contribution in [0.1, 0.15) is 48.5 Å². The van der Waals surface area contributed by atoms with Gasteiger partial charge in [0.2, 0.25) is 11.8 Å². The Kier molecular flexibility index (Phi) is 6.32. The van der Waals surface area contributed by atoms with Crippen LogP contribution in [0.2, 0.25) is 0 Å². The number of nitrogens with zero attached hydrogens (tertiary/aromatic N) is 3. The quantitative estimate of drug-likeness (QED) is 0.524. The molecule has 1 unspecified atom stereocenters. The lowest BCUT2D eigenvalue weighted by Crippen LogP contribution is -2.30. The number of aromatic nitrogens is 3. The second-order valence-electron chi connectivity index (χ2n) is 8.69. The summed E-state index contributed by atoms with van der Waals surface area (Å²) in [6.07, 6.45) is 8.29. The van der Waals surface area contributed by atoms with Gasteiger partial charge in [-0.1, -0.05) is 6.07 Å². The fraction of sp³-hybridized carbons (Fsp3) is 0.417. The summed E-state index contributed by atoms with van der Waals surface area (Å²) in [5.41, 5.74) is 6.55. The molecule has 3 heterocycles. The number of thioether (sulfide) groups is 1. The molecule has 172 valence electrons. The molecule has 0 bridgehead atoms. The molecule has 1 aliphatic heterocycles. The van der Waals surface area contributed by atoms with E-state index in [4.69, 9.17) is 10.5 Å². The molecule has 1 aromatic carbocycles. The van der Waals surface area contributed by atoms with Crippen molar-refractivity contribution in [3.05, 3.63) is 48.3 Å². The van der Waals surface area contributed by atoms with Crippen molar-refractivity contribution >= 4 is 40.3 Å². The third-order valence-electron chi connectivity index (χ3n) is 6.21. The first-order valence-corrected chi connectivity index (χ1v) is 12.2. The number of nitrogens with one attached hydrogen (secondary N) is 1. The highest BCUT2D eigenvalue weighted by Gasteiger charge is 2.29. The molecule has 0 spiro atoms. The molecule has 1 aliphatic carbocycles. The highest BCUT2D eigenvalue weighted by molar-refractivity contribution is 8.00. The van der Waals surface area contributed by atoms with E-state index in [1.54, 1.807) is 12.1 Å². The Labute approximate surface area is 196 Å². The molecule has 0 radical (unpaired) electrons. The van der Waals surface area contributed by atoms with Gasteiger partial charge in [0.15, 0.2) is 0 Å². The number of benzene rings is 1. The number of pyridine rings is 1. The number of carbonyl (C=O) groups excluding carboxylic acids is 2. The minimum atomic E-state index is -0.555. The monoisotopic (exact) mass is 465 g/mol. The van der Waals surface area contributed by atoms with E-state index in [0.717, 1.165) is 37.0 Å². The smallest absolute Gasteiger partial charge is 0.250 e. The van der Waals surface area contributed by atoms with E-state index < -0.39 is 11.9 Å². The first kappa shape index (κ1) is 21.9. The molecule has 1 atom stereocenters. The normalized spacial score (nSPS) is 17.7. The molecule has 2 aromatic heterocycles. The van der Waals surface area contributed by atoms with E-state index in [-0.39, 0.29) is 5.91 Å². The van der Waals surface area contributed by atoms with E-state index in [1.807, 2.05) is 34.8 Å². The van der Waals surface area contributed by atoms with Crippen molar-refractivity contribution in [1.82, 2.24) is 14.8 Å². The molecule has 3 N–H and O–H groups in total. The summed E-state index contributed by atoms with van der Waals surface area (Å²) < 4.78 is 7.37. The molecule has 2 aliphatic rings. The van der Waals surface area contributed by atoms with Gasteiger partial charge in [0.25, 0.3) is 0 Å². The number of hydrogen-bond donors (Lipinski definition) is 2. The number of anilines is 1. The average Bonchev–Trinajstić information content (AvgIpc) is 3.54. The lowest BCUT2D eigenvalue weighted by molar-refractivity contribution is -0.120. The van der Waals surface area contributed by atoms with Gasteiger partial charge in [0.05, 0.1) is 17.3 Å². The minimum Gasteiger partial charge on any atom is -0.381 e. The van der Waals surface area contributed by atoms with Crippen molar-refractivity contribution < 1.29 is 14.3 Å². The lowest BCUT2D eigenvalue weighted by atomic mass is 9.92. The predicted octanol–water partition coefficient (Wildman–Crippen LogP) is 3.78. The van der Waals surface area contributed by atoms with Gasteiger partial charge in [-0.25, -0.2) is 4.98 Å². The lowest BCUT2D eigenvalue weighted by Gasteiger charge is -2.26. The molecule has 9 heteroatoms. The van der Waals surface area contributed by atoms with Crippen LogP contribution < -0.4 is 11.1 Å². The zero-order valence-corrected chi connectivity index (χ0v) is 19.1. The topological polar surface area (TPSA) is 112 Å². The highest BCUT2D eigenvalue weighted by Crippen LogP contribution is 2.42. The first-order valence-electron chi connectivity index (χ1n) is 11.4. The Balaban J connectivity index is 1.43. The zero-order chi connectivity index (χ0) is 22.8. The van der Waals surface area contributed by atoms with Crippen LogP contribution in [-0.4, -0.2) is 45.0 Å². The zero-order valence-electron chi connectivity index (χ0n) is 18.3. The van der Waals surface area contributed by atoms with Crippen LogP contribution in [0.15, 0.2) is 47.6 Å². The second kappa shape index (κ2) is 9.52. The van der Waals surface area contributed by atoms with Crippen molar-refractivity contribution in [2.24, 2.45) is 11.7 Å². The maximum absolute atomic E-state index is 13.5. The number of ether oxygens (including phenoxy) is 1. The number of carbonyl (C=O) groups is 2. The summed E-state index contributed by atoms with van der Waals surface area (Å²) >= 11 is 1.90. The second-order valence-corrected chi connectivity index (χ2v) is 10.0. The van der Waals surface area contributed by atoms with Crippen molar-refractivity contribution in [2.75, 3.05) is 18.5 Å². The Morgan fingerprint density at radius 2 is 1.97 bits per heavy atom. The largest absolute Gasteiger partial charge is 0.381 e. The Morgan fingerprint density at radius 1 is 1.15 bits per heavy atom. The molecular weight excluding hydrogens is 438 g/mol. The van der Waals surface area contributed by atoms with E-state index in [1.165, 1.54) is 23.9 Å². The van der Waals surface area contributed by atoms with E-state index in [0.29, 0.717) is 29.0 Å². The summed E-state index contributed by atoms with van der Waals surface area (Å²) in [6.45, 7) is 1.44. The van der Waals surface area contributed by atoms with Gasteiger partial charge >= 0.3 is 0 Å². The third-order valence-corrected chi connectivity index (χ3v) is 7.63. The Morgan fingerprint density at radius 3 is 2.67 bits per heavy atom. The molecule has 1 saturated carbocycles. The summed E-state index contributed by atoms with van der Waals surface area (Å²) in [6, 6.07) is 8.87. The number of hydrogen-bond acceptors (Lipinski definition) is 6. The number of amides is 2. The fourth-order valence-electron chi connectivity index (χ4n) is 4.20. The van der Waals surface area contributed by atoms with Gasteiger partial charge in [-0.15, -0.1) is 11.8 Å². The standard InChI is InChI=1S/C24H27N5O3S/c25-23(30)16-4-7-22(26-13-16)28-24(31)20(12-15-8-10-32-11-9-15)29-19-2-1-3-21(18(19)14-27-29)33-17-5-6-17/h1-4,7,13-15,17,20H,5-6,8-12H2,(H2,25,30)(H,26,28,31). The van der Waals surface area contributed by atoms with Crippen molar-refractivity contribution in [2.45, 2.75) is 48.3 Å². The first-order chi connectivity index (χ1) is 16.1. The van der Waals surface area contributed by atoms with Crippen LogP contribution in [0, 0.1) is 5.92 Å². The van der Waals surface area contributed by atoms with Gasteiger partial charge < -0.3 is 15.8 Å². The third kappa shape index (κ3) is 5.04. The van der Waals surface area contributed by atoms with Gasteiger partial charge in [0, 0.05) is 34.9 Å². The molecule has 8 nitrogen and oxygen atoms in total. The number of nitrogens with two attached hydrogens (primary N) is 1. The molecule has 33 heavy (non-hydrogen) atoms. The van der Waals surface area contributed by atoms with Gasteiger partial charge in [-0.05, 0) is 62.3 Å². The average molecular weight is 466 g/mol. The van der Waals surface area contributed by atoms with Gasteiger partial charge in [-0.3, -0.25) is 14.3 Å². The van der Waals surface area contributed by atoms with Crippen LogP contribution in [0.25, 0.3) is 10.9 Å². The van der Waals surface area contributed by atoms with Crippen molar-refractivity contribution in [1.29, 1.82) is 0 Å². The Hall–Kier alpha value is -2.91. The van der Waals surface area contributed by atoms with E-state index in [9.17, 15) is 9.59 Å². The molecule has 3 aromatic rings. The number of rotatable bonds is 8. The minimum absolute atomic E-state index is 0.175. The van der Waals surface area contributed by atoms with Crippen LogP contribution >= 0.6 is 11.8 Å². The van der Waals surface area contributed by atoms with Gasteiger partial charge in [-0.2, -0.15) is 5.10 Å². The molecule has 2 amide bonds. The maximum Gasteiger partial charge on any atom is 0.250 e. The van der Waals surface area contributed by atoms with Crippen molar-refractivity contribution in [3.63, 3.8) is 0 Å². The number of fused-ring (bicyclic) bond motifs is 1. The highest BCUT2D eigenvalue weighted by atomic mass is 32.2. The molecule has 2 fully saturated rings. The summed E-state index contributed by atoms with van der Waals surface area (Å²) in [4.78, 5) is 30.2. The van der Waals surface area contributed by atoms with Crippen LogP contribution in [-0.2, 0) is 9.53 Å². The SMILES string of the molecule is NC(=O)c1ccc(NC(=O)C(CC2CCOCC2)n2ncc3c(SC4CC4)cccc32)nc1. The van der Waals surface area contributed by atoms with E-state index >= 15 is 0 Å². The maximum atomic E-state index is 13.5. The molecular formula is C24H27N5O3S. The summed E-state index contributed by atoms with van der Waals surface area (Å²) in [5.74, 6) is 0.0260. The summed E-state index contributed by atoms with van der Waals surface area (Å²) in [5, 5.41) is 9.36.